The minimum atomic E-state index is -0.322. The van der Waals surface area contributed by atoms with E-state index in [0.717, 1.165) is 0 Å². The van der Waals surface area contributed by atoms with Crippen LogP contribution in [0.15, 0.2) is 0 Å². The molecule has 2 N–H and O–H groups in total. The Morgan fingerprint density at radius 2 is 2.25 bits per heavy atom. The van der Waals surface area contributed by atoms with Crippen molar-refractivity contribution < 1.29 is 14.4 Å². The fourth-order valence-electron chi connectivity index (χ4n) is 1.54. The number of carbonyl (C=O) groups is 3. The van der Waals surface area contributed by atoms with E-state index in [2.05, 4.69) is 10.6 Å². The number of nitrogens with zero attached hydrogens (tertiary/aromatic N) is 1. The Morgan fingerprint density at radius 3 is 2.88 bits per heavy atom. The fourth-order valence-corrected chi connectivity index (χ4v) is 1.54. The van der Waals surface area contributed by atoms with Gasteiger partial charge in [0, 0.05) is 20.0 Å². The molecule has 1 rings (SSSR count). The standard InChI is InChI=1S/C10H17N3O3/c1-7-10(16)13(9(15)6-12-7)5-3-4-8(14)11-2/h7,12H,3-6H2,1-2H3,(H,11,14). The second kappa shape index (κ2) is 5.60. The fraction of sp³-hybridized carbons (Fsp3) is 0.700. The van der Waals surface area contributed by atoms with Crippen molar-refractivity contribution in [3.63, 3.8) is 0 Å². The highest BCUT2D eigenvalue weighted by molar-refractivity contribution is 6.00. The lowest BCUT2D eigenvalue weighted by atomic mass is 10.2. The van der Waals surface area contributed by atoms with E-state index in [9.17, 15) is 14.4 Å². The lowest BCUT2D eigenvalue weighted by Gasteiger charge is -2.29. The molecule has 1 unspecified atom stereocenters. The zero-order chi connectivity index (χ0) is 12.1. The molecule has 0 spiro atoms. The van der Waals surface area contributed by atoms with Crippen LogP contribution < -0.4 is 10.6 Å². The zero-order valence-electron chi connectivity index (χ0n) is 9.58. The Hall–Kier alpha value is -1.43. The lowest BCUT2D eigenvalue weighted by molar-refractivity contribution is -0.149. The van der Waals surface area contributed by atoms with Crippen LogP contribution in [-0.4, -0.2) is 48.8 Å². The molecule has 3 amide bonds. The third-order valence-electron chi connectivity index (χ3n) is 2.56. The summed E-state index contributed by atoms with van der Waals surface area (Å²) in [5.74, 6) is -0.517. The van der Waals surface area contributed by atoms with E-state index in [1.165, 1.54) is 4.90 Å². The normalized spacial score (nSPS) is 21.1. The number of hydrogen-bond donors (Lipinski definition) is 2. The first-order valence-electron chi connectivity index (χ1n) is 5.34. The van der Waals surface area contributed by atoms with Crippen LogP contribution >= 0.6 is 0 Å². The van der Waals surface area contributed by atoms with Gasteiger partial charge in [-0.1, -0.05) is 0 Å². The Kier molecular flexibility index (Phi) is 4.42. The van der Waals surface area contributed by atoms with Crippen molar-refractivity contribution in [2.24, 2.45) is 0 Å². The number of carbonyl (C=O) groups excluding carboxylic acids is 3. The van der Waals surface area contributed by atoms with E-state index in [0.29, 0.717) is 19.4 Å². The van der Waals surface area contributed by atoms with Gasteiger partial charge in [0.2, 0.25) is 17.7 Å². The summed E-state index contributed by atoms with van der Waals surface area (Å²) in [5.41, 5.74) is 0. The quantitative estimate of drug-likeness (QED) is 0.595. The van der Waals surface area contributed by atoms with Gasteiger partial charge in [0.05, 0.1) is 12.6 Å². The van der Waals surface area contributed by atoms with Crippen molar-refractivity contribution in [2.45, 2.75) is 25.8 Å². The number of piperazine rings is 1. The van der Waals surface area contributed by atoms with Crippen LogP contribution in [0.3, 0.4) is 0 Å². The number of amides is 3. The summed E-state index contributed by atoms with van der Waals surface area (Å²) in [5, 5.41) is 5.30. The maximum absolute atomic E-state index is 11.6. The molecular weight excluding hydrogens is 210 g/mol. The van der Waals surface area contributed by atoms with Crippen LogP contribution in [0.25, 0.3) is 0 Å². The molecule has 1 aliphatic heterocycles. The number of nitrogens with one attached hydrogen (secondary N) is 2. The molecule has 90 valence electrons. The molecule has 0 aromatic rings. The van der Waals surface area contributed by atoms with Crippen molar-refractivity contribution >= 4 is 17.7 Å². The van der Waals surface area contributed by atoms with Crippen molar-refractivity contribution in [3.05, 3.63) is 0 Å². The Labute approximate surface area is 94.4 Å². The van der Waals surface area contributed by atoms with Crippen molar-refractivity contribution in [1.29, 1.82) is 0 Å². The van der Waals surface area contributed by atoms with Crippen LogP contribution in [0, 0.1) is 0 Å². The second-order valence-electron chi connectivity index (χ2n) is 3.76. The largest absolute Gasteiger partial charge is 0.359 e. The van der Waals surface area contributed by atoms with Gasteiger partial charge in [-0.15, -0.1) is 0 Å². The molecular formula is C10H17N3O3. The maximum Gasteiger partial charge on any atom is 0.246 e. The summed E-state index contributed by atoms with van der Waals surface area (Å²) >= 11 is 0. The maximum atomic E-state index is 11.6. The predicted molar refractivity (Wildman–Crippen MR) is 57.5 cm³/mol. The monoisotopic (exact) mass is 227 g/mol. The third-order valence-corrected chi connectivity index (χ3v) is 2.56. The molecule has 0 saturated carbocycles. The van der Waals surface area contributed by atoms with Gasteiger partial charge < -0.3 is 5.32 Å². The summed E-state index contributed by atoms with van der Waals surface area (Å²) in [4.78, 5) is 35.3. The Balaban J connectivity index is 2.42. The number of hydrogen-bond acceptors (Lipinski definition) is 4. The third kappa shape index (κ3) is 3.03. The minimum absolute atomic E-state index is 0.0805. The molecule has 0 bridgehead atoms. The minimum Gasteiger partial charge on any atom is -0.359 e. The highest BCUT2D eigenvalue weighted by Gasteiger charge is 2.30. The van der Waals surface area contributed by atoms with Gasteiger partial charge in [0.25, 0.3) is 0 Å². The van der Waals surface area contributed by atoms with Crippen LogP contribution in [0.1, 0.15) is 19.8 Å². The van der Waals surface area contributed by atoms with Gasteiger partial charge in [-0.3, -0.25) is 24.6 Å². The van der Waals surface area contributed by atoms with E-state index < -0.39 is 0 Å². The van der Waals surface area contributed by atoms with Gasteiger partial charge >= 0.3 is 0 Å². The molecule has 1 saturated heterocycles. The van der Waals surface area contributed by atoms with E-state index >= 15 is 0 Å². The molecule has 0 radical (unpaired) electrons. The van der Waals surface area contributed by atoms with Crippen LogP contribution in [-0.2, 0) is 14.4 Å². The summed E-state index contributed by atoms with van der Waals surface area (Å²) < 4.78 is 0. The highest BCUT2D eigenvalue weighted by Crippen LogP contribution is 2.04. The summed E-state index contributed by atoms with van der Waals surface area (Å²) in [6.07, 6.45) is 0.833. The van der Waals surface area contributed by atoms with Crippen molar-refractivity contribution in [1.82, 2.24) is 15.5 Å². The Morgan fingerprint density at radius 1 is 1.56 bits per heavy atom. The molecule has 0 aromatic heterocycles. The van der Waals surface area contributed by atoms with Crippen molar-refractivity contribution in [3.8, 4) is 0 Å². The molecule has 0 aromatic carbocycles. The SMILES string of the molecule is CNC(=O)CCCN1C(=O)CNC(C)C1=O. The summed E-state index contributed by atoms with van der Waals surface area (Å²) in [6, 6.07) is -0.322. The average Bonchev–Trinajstić information content (AvgIpc) is 2.28. The van der Waals surface area contributed by atoms with Crippen LogP contribution in [0.4, 0.5) is 0 Å². The van der Waals surface area contributed by atoms with E-state index in [1.807, 2.05) is 0 Å². The zero-order valence-corrected chi connectivity index (χ0v) is 9.58. The summed E-state index contributed by atoms with van der Waals surface area (Å²) in [6.45, 7) is 2.23. The second-order valence-corrected chi connectivity index (χ2v) is 3.76. The number of rotatable bonds is 4. The van der Waals surface area contributed by atoms with Gasteiger partial charge in [-0.25, -0.2) is 0 Å². The van der Waals surface area contributed by atoms with Crippen LogP contribution in [0.2, 0.25) is 0 Å². The molecule has 6 nitrogen and oxygen atoms in total. The van der Waals surface area contributed by atoms with Crippen LogP contribution in [0.5, 0.6) is 0 Å². The molecule has 1 aliphatic rings. The Bertz CT molecular complexity index is 304. The summed E-state index contributed by atoms with van der Waals surface area (Å²) in [7, 11) is 1.56. The molecule has 1 heterocycles. The smallest absolute Gasteiger partial charge is 0.246 e. The molecule has 6 heteroatoms. The lowest BCUT2D eigenvalue weighted by Crippen LogP contribution is -2.57. The van der Waals surface area contributed by atoms with Gasteiger partial charge in [0.15, 0.2) is 0 Å². The molecule has 1 fully saturated rings. The van der Waals surface area contributed by atoms with Crippen molar-refractivity contribution in [2.75, 3.05) is 20.1 Å². The molecule has 0 aliphatic carbocycles. The topological polar surface area (TPSA) is 78.5 Å². The molecule has 16 heavy (non-hydrogen) atoms. The van der Waals surface area contributed by atoms with E-state index in [4.69, 9.17) is 0 Å². The van der Waals surface area contributed by atoms with Gasteiger partial charge in [-0.2, -0.15) is 0 Å². The number of imide groups is 1. The predicted octanol–water partition coefficient (Wildman–Crippen LogP) is -1.14. The molecule has 1 atom stereocenters. The van der Waals surface area contributed by atoms with Gasteiger partial charge in [-0.05, 0) is 13.3 Å². The first-order valence-corrected chi connectivity index (χ1v) is 5.34. The van der Waals surface area contributed by atoms with E-state index in [1.54, 1.807) is 14.0 Å². The van der Waals surface area contributed by atoms with E-state index in [-0.39, 0.29) is 30.3 Å². The first-order chi connectivity index (χ1) is 7.56. The first kappa shape index (κ1) is 12.6. The average molecular weight is 227 g/mol. The van der Waals surface area contributed by atoms with Gasteiger partial charge in [0.1, 0.15) is 0 Å². The highest BCUT2D eigenvalue weighted by atomic mass is 16.2.